The second kappa shape index (κ2) is 12.6. The van der Waals surface area contributed by atoms with Crippen LogP contribution in [0.4, 0.5) is 4.79 Å². The normalized spacial score (nSPS) is 15.8. The molecule has 0 radical (unpaired) electrons. The maximum Gasteiger partial charge on any atom is 0.337 e. The number of carbonyl (C=O) groups is 2. The number of rotatable bonds is 10. The number of fused-ring (bicyclic) bond motifs is 2. The Morgan fingerprint density at radius 2 is 1.71 bits per heavy atom. The van der Waals surface area contributed by atoms with Crippen molar-refractivity contribution in [2.24, 2.45) is 5.10 Å². The zero-order chi connectivity index (χ0) is 29.6. The Hall–Kier alpha value is -5.09. The molecule has 42 heavy (non-hydrogen) atoms. The van der Waals surface area contributed by atoms with Gasteiger partial charge >= 0.3 is 12.0 Å². The van der Waals surface area contributed by atoms with E-state index in [1.807, 2.05) is 43.3 Å². The molecule has 0 bridgehead atoms. The number of hydrogen-bond donors (Lipinski definition) is 4. The lowest BCUT2D eigenvalue weighted by molar-refractivity contribution is -0.136. The summed E-state index contributed by atoms with van der Waals surface area (Å²) in [6.07, 6.45) is 0.590. The highest BCUT2D eigenvalue weighted by Crippen LogP contribution is 2.35. The molecule has 0 saturated heterocycles. The maximum atomic E-state index is 12.5. The number of hydrogen-bond acceptors (Lipinski definition) is 8. The van der Waals surface area contributed by atoms with Gasteiger partial charge in [-0.1, -0.05) is 54.6 Å². The van der Waals surface area contributed by atoms with E-state index in [9.17, 15) is 14.7 Å². The third kappa shape index (κ3) is 5.98. The summed E-state index contributed by atoms with van der Waals surface area (Å²) in [5.41, 5.74) is 4.96. The second-order valence-electron chi connectivity index (χ2n) is 9.65. The van der Waals surface area contributed by atoms with Gasteiger partial charge in [0, 0.05) is 11.3 Å². The van der Waals surface area contributed by atoms with Crippen LogP contribution in [-0.4, -0.2) is 49.9 Å². The molecule has 0 saturated carbocycles. The van der Waals surface area contributed by atoms with E-state index in [1.165, 1.54) is 7.11 Å². The molecule has 10 nitrogen and oxygen atoms in total. The smallest absolute Gasteiger partial charge is 0.337 e. The van der Waals surface area contributed by atoms with Gasteiger partial charge < -0.3 is 30.0 Å². The molecule has 1 aliphatic heterocycles. The van der Waals surface area contributed by atoms with Crippen LogP contribution in [0, 0.1) is 0 Å². The maximum absolute atomic E-state index is 12.5. The molecule has 1 aliphatic rings. The lowest BCUT2D eigenvalue weighted by Crippen LogP contribution is -2.45. The summed E-state index contributed by atoms with van der Waals surface area (Å²) in [6, 6.07) is 22.2. The number of hydrazone groups is 1. The minimum Gasteiger partial charge on any atom is -0.490 e. The number of aliphatic hydroxyl groups is 1. The van der Waals surface area contributed by atoms with E-state index >= 15 is 0 Å². The fourth-order valence-electron chi connectivity index (χ4n) is 5.00. The minimum absolute atomic E-state index is 0.121. The average Bonchev–Trinajstić information content (AvgIpc) is 2.99. The Morgan fingerprint density at radius 3 is 2.38 bits per heavy atom. The van der Waals surface area contributed by atoms with E-state index in [-0.39, 0.29) is 12.2 Å². The van der Waals surface area contributed by atoms with Gasteiger partial charge in [-0.15, -0.1) is 0 Å². The summed E-state index contributed by atoms with van der Waals surface area (Å²) in [5, 5.41) is 24.5. The van der Waals surface area contributed by atoms with E-state index in [4.69, 9.17) is 14.2 Å². The molecule has 2 amide bonds. The van der Waals surface area contributed by atoms with Crippen LogP contribution in [0.15, 0.2) is 89.2 Å². The Bertz CT molecular complexity index is 1650. The second-order valence-corrected chi connectivity index (χ2v) is 9.65. The van der Waals surface area contributed by atoms with Crippen molar-refractivity contribution in [3.63, 3.8) is 0 Å². The van der Waals surface area contributed by atoms with Gasteiger partial charge in [-0.25, -0.2) is 9.59 Å². The number of nitrogens with zero attached hydrogens (tertiary/aromatic N) is 1. The number of ether oxygens (including phenoxy) is 3. The SMILES string of the molecule is CCOc1cc([C@H]2NC(=O)NC(C)=C2C(=O)OC)ccc1OC[C@@H](O)N/N=C\c1c2ccccc2cc2ccccc12. The van der Waals surface area contributed by atoms with Gasteiger partial charge in [-0.2, -0.15) is 5.10 Å². The first kappa shape index (κ1) is 28.4. The Labute approximate surface area is 243 Å². The zero-order valence-electron chi connectivity index (χ0n) is 23.5. The number of nitrogens with one attached hydrogen (secondary N) is 3. The lowest BCUT2D eigenvalue weighted by Gasteiger charge is -2.28. The molecule has 10 heteroatoms. The molecule has 4 N–H and O–H groups in total. The third-order valence-electron chi connectivity index (χ3n) is 6.90. The number of benzene rings is 4. The van der Waals surface area contributed by atoms with E-state index in [1.54, 1.807) is 31.3 Å². The van der Waals surface area contributed by atoms with Crippen LogP contribution < -0.4 is 25.5 Å². The predicted octanol–water partition coefficient (Wildman–Crippen LogP) is 4.51. The molecular weight excluding hydrogens is 536 g/mol. The lowest BCUT2D eigenvalue weighted by atomic mass is 9.95. The topological polar surface area (TPSA) is 131 Å². The highest BCUT2D eigenvalue weighted by Gasteiger charge is 2.32. The number of methoxy groups -OCH3 is 1. The molecule has 0 spiro atoms. The Morgan fingerprint density at radius 1 is 1.02 bits per heavy atom. The fraction of sp³-hybridized carbons (Fsp3) is 0.219. The quantitative estimate of drug-likeness (QED) is 0.0728. The minimum atomic E-state index is -1.11. The third-order valence-corrected chi connectivity index (χ3v) is 6.90. The molecule has 216 valence electrons. The number of aliphatic hydroxyl groups excluding tert-OH is 1. The summed E-state index contributed by atoms with van der Waals surface area (Å²) in [7, 11) is 1.28. The summed E-state index contributed by atoms with van der Waals surface area (Å²) >= 11 is 0. The highest BCUT2D eigenvalue weighted by atomic mass is 16.5. The van der Waals surface area contributed by atoms with Crippen molar-refractivity contribution in [3.05, 3.63) is 95.2 Å². The van der Waals surface area contributed by atoms with E-state index in [0.29, 0.717) is 29.4 Å². The van der Waals surface area contributed by atoms with Crippen molar-refractivity contribution >= 4 is 39.8 Å². The summed E-state index contributed by atoms with van der Waals surface area (Å²) < 4.78 is 16.6. The predicted molar refractivity (Wildman–Crippen MR) is 160 cm³/mol. The van der Waals surface area contributed by atoms with E-state index < -0.39 is 24.3 Å². The molecule has 0 unspecified atom stereocenters. The van der Waals surface area contributed by atoms with Gasteiger partial charge in [0.1, 0.15) is 6.61 Å². The number of amides is 2. The van der Waals surface area contributed by atoms with Crippen LogP contribution in [0.5, 0.6) is 11.5 Å². The molecule has 0 fully saturated rings. The molecule has 2 atom stereocenters. The van der Waals surface area contributed by atoms with Gasteiger partial charge in [-0.3, -0.25) is 5.43 Å². The number of urea groups is 1. The first-order valence-electron chi connectivity index (χ1n) is 13.5. The van der Waals surface area contributed by atoms with Crippen LogP contribution >= 0.6 is 0 Å². The highest BCUT2D eigenvalue weighted by molar-refractivity contribution is 6.13. The van der Waals surface area contributed by atoms with E-state index in [2.05, 4.69) is 39.4 Å². The van der Waals surface area contributed by atoms with Crippen molar-refractivity contribution < 1.29 is 28.9 Å². The average molecular weight is 569 g/mol. The Balaban J connectivity index is 1.31. The van der Waals surface area contributed by atoms with Crippen LogP contribution in [0.1, 0.15) is 31.0 Å². The van der Waals surface area contributed by atoms with E-state index in [0.717, 1.165) is 27.1 Å². The van der Waals surface area contributed by atoms with Crippen LogP contribution in [-0.2, 0) is 9.53 Å². The van der Waals surface area contributed by atoms with Gasteiger partial charge in [0.15, 0.2) is 17.7 Å². The van der Waals surface area contributed by atoms with Crippen molar-refractivity contribution in [2.45, 2.75) is 26.1 Å². The number of carbonyl (C=O) groups excluding carboxylic acids is 2. The summed E-state index contributed by atoms with van der Waals surface area (Å²) in [6.45, 7) is 3.69. The van der Waals surface area contributed by atoms with Gasteiger partial charge in [0.2, 0.25) is 0 Å². The van der Waals surface area contributed by atoms with Crippen molar-refractivity contribution in [2.75, 3.05) is 20.3 Å². The largest absolute Gasteiger partial charge is 0.490 e. The molecule has 0 aromatic heterocycles. The number of allylic oxidation sites excluding steroid dienone is 1. The molecule has 4 aromatic rings. The van der Waals surface area contributed by atoms with Crippen molar-refractivity contribution in [1.29, 1.82) is 0 Å². The van der Waals surface area contributed by atoms with Crippen LogP contribution in [0.2, 0.25) is 0 Å². The van der Waals surface area contributed by atoms with Crippen LogP contribution in [0.25, 0.3) is 21.5 Å². The molecule has 1 heterocycles. The molecule has 5 rings (SSSR count). The zero-order valence-corrected chi connectivity index (χ0v) is 23.5. The fourth-order valence-corrected chi connectivity index (χ4v) is 5.00. The van der Waals surface area contributed by atoms with Gasteiger partial charge in [-0.05, 0) is 59.2 Å². The summed E-state index contributed by atoms with van der Waals surface area (Å²) in [4.78, 5) is 24.6. The Kier molecular flexibility index (Phi) is 8.54. The van der Waals surface area contributed by atoms with Gasteiger partial charge in [0.05, 0.1) is 31.5 Å². The first-order valence-corrected chi connectivity index (χ1v) is 13.5. The summed E-state index contributed by atoms with van der Waals surface area (Å²) in [5.74, 6) is 0.211. The first-order chi connectivity index (χ1) is 20.4. The number of esters is 1. The molecular formula is C32H32N4O6. The van der Waals surface area contributed by atoms with Gasteiger partial charge in [0.25, 0.3) is 0 Å². The van der Waals surface area contributed by atoms with Crippen LogP contribution in [0.3, 0.4) is 0 Å². The standard InChI is InChI=1S/C32H32N4O6/c1-4-41-27-16-22(30-29(31(38)40-3)19(2)34-32(39)35-30)13-14-26(27)42-18-28(37)36-33-17-25-23-11-7-5-9-20(23)15-21-10-6-8-12-24(21)25/h5-17,28,30,36-37H,4,18H2,1-3H3,(H2,34,35,39)/b33-17-/t28-,30-/m1/s1. The van der Waals surface area contributed by atoms with Crippen molar-refractivity contribution in [3.8, 4) is 11.5 Å². The van der Waals surface area contributed by atoms with Crippen molar-refractivity contribution in [1.82, 2.24) is 16.1 Å². The molecule has 0 aliphatic carbocycles. The monoisotopic (exact) mass is 568 g/mol. The molecule has 4 aromatic carbocycles.